The molecule has 1 amide bonds. The smallest absolute Gasteiger partial charge is 0.492 e. The van der Waals surface area contributed by atoms with Gasteiger partial charge in [-0.1, -0.05) is 0 Å². The summed E-state index contributed by atoms with van der Waals surface area (Å²) in [6.07, 6.45) is -8.44. The van der Waals surface area contributed by atoms with Crippen LogP contribution >= 0.6 is 0 Å². The molecule has 4 atom stereocenters. The average Bonchev–Trinajstić information content (AvgIpc) is 3.45. The molecule has 2 aromatic rings. The van der Waals surface area contributed by atoms with E-state index in [0.29, 0.717) is 50.0 Å². The number of ether oxygens (including phenoxy) is 5. The van der Waals surface area contributed by atoms with Crippen LogP contribution in [0.25, 0.3) is 0 Å². The Morgan fingerprint density at radius 3 is 2.50 bits per heavy atom. The number of benzene rings is 2. The SMILES string of the molecule is CC1(C(=O)N[C@H]2C[C@@H](C3CCN(C[C@H](O)CO)CC3)Oc3cc(OC(F)(F)F)ccc32)COc2cc3c(cc21)OC(F)(F)O3. The molecular weight excluding hydrogens is 599 g/mol. The van der Waals surface area contributed by atoms with Gasteiger partial charge in [0, 0.05) is 36.2 Å². The molecule has 10 nitrogen and oxygen atoms in total. The predicted octanol–water partition coefficient (Wildman–Crippen LogP) is 3.63. The number of piperidine rings is 1. The van der Waals surface area contributed by atoms with Gasteiger partial charge < -0.3 is 44.1 Å². The third-order valence-electron chi connectivity index (χ3n) is 8.60. The fraction of sp³-hybridized carbons (Fsp3) is 0.552. The third-order valence-corrected chi connectivity index (χ3v) is 8.60. The van der Waals surface area contributed by atoms with Crippen molar-refractivity contribution in [3.63, 3.8) is 0 Å². The van der Waals surface area contributed by atoms with E-state index in [-0.39, 0.29) is 42.1 Å². The fourth-order valence-corrected chi connectivity index (χ4v) is 6.29. The number of aliphatic hydroxyl groups is 2. The second-order valence-electron chi connectivity index (χ2n) is 11.7. The summed E-state index contributed by atoms with van der Waals surface area (Å²) in [7, 11) is 0. The van der Waals surface area contributed by atoms with E-state index in [1.807, 2.05) is 4.90 Å². The van der Waals surface area contributed by atoms with Gasteiger partial charge in [-0.2, -0.15) is 0 Å². The van der Waals surface area contributed by atoms with Crippen molar-refractivity contribution in [2.75, 3.05) is 32.8 Å². The number of aliphatic hydroxyl groups excluding tert-OH is 2. The van der Waals surface area contributed by atoms with Gasteiger partial charge in [-0.3, -0.25) is 4.79 Å². The molecular formula is C29H31F5N2O8. The quantitative estimate of drug-likeness (QED) is 0.394. The first-order chi connectivity index (χ1) is 20.7. The normalized spacial score (nSPS) is 26.6. The molecule has 2 aromatic carbocycles. The van der Waals surface area contributed by atoms with E-state index in [2.05, 4.69) is 19.5 Å². The predicted molar refractivity (Wildman–Crippen MR) is 141 cm³/mol. The van der Waals surface area contributed by atoms with Crippen molar-refractivity contribution in [3.05, 3.63) is 41.5 Å². The lowest BCUT2D eigenvalue weighted by Gasteiger charge is -2.41. The van der Waals surface area contributed by atoms with E-state index in [1.165, 1.54) is 18.2 Å². The second kappa shape index (κ2) is 11.1. The molecule has 6 rings (SSSR count). The van der Waals surface area contributed by atoms with Crippen molar-refractivity contribution in [3.8, 4) is 28.7 Å². The Balaban J connectivity index is 1.24. The Kier molecular flexibility index (Phi) is 7.69. The van der Waals surface area contributed by atoms with Gasteiger partial charge in [0.05, 0.1) is 18.8 Å². The molecule has 0 aromatic heterocycles. The minimum absolute atomic E-state index is 0.00945. The highest BCUT2D eigenvalue weighted by molar-refractivity contribution is 5.90. The van der Waals surface area contributed by atoms with Gasteiger partial charge in [-0.25, -0.2) is 0 Å². The maximum Gasteiger partial charge on any atom is 0.586 e. The first kappa shape index (κ1) is 30.5. The zero-order valence-corrected chi connectivity index (χ0v) is 23.5. The highest BCUT2D eigenvalue weighted by Gasteiger charge is 2.50. The summed E-state index contributed by atoms with van der Waals surface area (Å²) in [4.78, 5) is 15.9. The molecule has 1 unspecified atom stereocenters. The number of hydrogen-bond donors (Lipinski definition) is 3. The van der Waals surface area contributed by atoms with E-state index in [1.54, 1.807) is 6.92 Å². The highest BCUT2D eigenvalue weighted by Crippen LogP contribution is 2.50. The molecule has 1 saturated heterocycles. The topological polar surface area (TPSA) is 119 Å². The van der Waals surface area contributed by atoms with Crippen LogP contribution in [-0.2, 0) is 10.2 Å². The number of nitrogens with one attached hydrogen (secondary N) is 1. The van der Waals surface area contributed by atoms with Crippen LogP contribution in [0.3, 0.4) is 0 Å². The van der Waals surface area contributed by atoms with Gasteiger partial charge in [-0.15, -0.1) is 22.0 Å². The van der Waals surface area contributed by atoms with Crippen LogP contribution in [0.4, 0.5) is 22.0 Å². The van der Waals surface area contributed by atoms with Crippen LogP contribution in [0.1, 0.15) is 43.4 Å². The Morgan fingerprint density at radius 2 is 1.82 bits per heavy atom. The molecule has 240 valence electrons. The molecule has 15 heteroatoms. The fourth-order valence-electron chi connectivity index (χ4n) is 6.29. The van der Waals surface area contributed by atoms with Crippen LogP contribution in [-0.4, -0.2) is 78.7 Å². The summed E-state index contributed by atoms with van der Waals surface area (Å²) in [6.45, 7) is 2.70. The molecule has 0 radical (unpaired) electrons. The second-order valence-corrected chi connectivity index (χ2v) is 11.7. The molecule has 4 aliphatic heterocycles. The number of carbonyl (C=O) groups excluding carboxylic acids is 1. The zero-order valence-electron chi connectivity index (χ0n) is 23.5. The average molecular weight is 631 g/mol. The molecule has 0 bridgehead atoms. The lowest BCUT2D eigenvalue weighted by Crippen LogP contribution is -2.48. The van der Waals surface area contributed by atoms with E-state index in [0.717, 1.165) is 12.1 Å². The minimum Gasteiger partial charge on any atom is -0.492 e. The van der Waals surface area contributed by atoms with E-state index in [4.69, 9.17) is 14.6 Å². The van der Waals surface area contributed by atoms with Crippen LogP contribution in [0.2, 0.25) is 0 Å². The lowest BCUT2D eigenvalue weighted by atomic mass is 9.81. The van der Waals surface area contributed by atoms with Crippen molar-refractivity contribution in [2.45, 2.75) is 62.5 Å². The number of β-amino-alcohol motifs (C(OH)–C–C–N with tert-alkyl or cyclic N) is 1. The molecule has 4 aliphatic rings. The number of fused-ring (bicyclic) bond motifs is 3. The minimum atomic E-state index is -4.91. The number of rotatable bonds is 7. The Labute approximate surface area is 248 Å². The first-order valence-electron chi connectivity index (χ1n) is 14.2. The number of halogens is 5. The number of hydrogen-bond acceptors (Lipinski definition) is 9. The molecule has 3 N–H and O–H groups in total. The number of amides is 1. The summed E-state index contributed by atoms with van der Waals surface area (Å²) < 4.78 is 91.3. The van der Waals surface area contributed by atoms with Gasteiger partial charge in [-0.05, 0) is 57.0 Å². The van der Waals surface area contributed by atoms with Gasteiger partial charge >= 0.3 is 12.7 Å². The van der Waals surface area contributed by atoms with Crippen molar-refractivity contribution >= 4 is 5.91 Å². The highest BCUT2D eigenvalue weighted by atomic mass is 19.4. The lowest BCUT2D eigenvalue weighted by molar-refractivity contribution is -0.286. The van der Waals surface area contributed by atoms with Gasteiger partial charge in [0.2, 0.25) is 5.91 Å². The van der Waals surface area contributed by atoms with Crippen LogP contribution in [0.15, 0.2) is 30.3 Å². The molecule has 1 fully saturated rings. The Hall–Kier alpha value is -3.56. The standard InChI is InChI=1S/C29H31F5N2O8/c1-27(14-40-23-11-25-24(9-19(23)27)43-29(33,34)44-25)26(39)35-20-10-21(15-4-6-36(7-5-15)12-16(38)13-37)41-22-8-17(2-3-18(20)22)42-28(30,31)32/h2-3,8-9,11,15-16,20-21,37-38H,4-7,10,12-14H2,1H3,(H,35,39)/t16-,20-,21-,27?/m0/s1. The number of carbonyl (C=O) groups is 1. The number of alkyl halides is 5. The molecule has 4 heterocycles. The van der Waals surface area contributed by atoms with Crippen molar-refractivity contribution in [1.29, 1.82) is 0 Å². The summed E-state index contributed by atoms with van der Waals surface area (Å²) in [5.74, 6) is -1.07. The van der Waals surface area contributed by atoms with Crippen molar-refractivity contribution in [1.82, 2.24) is 10.2 Å². The summed E-state index contributed by atoms with van der Waals surface area (Å²) >= 11 is 0. The van der Waals surface area contributed by atoms with Crippen molar-refractivity contribution < 1.29 is 60.6 Å². The molecule has 0 saturated carbocycles. The number of nitrogens with zero attached hydrogens (tertiary/aromatic N) is 1. The monoisotopic (exact) mass is 630 g/mol. The number of likely N-dealkylation sites (tertiary alicyclic amines) is 1. The zero-order chi connectivity index (χ0) is 31.4. The maximum absolute atomic E-state index is 13.9. The van der Waals surface area contributed by atoms with Crippen LogP contribution in [0.5, 0.6) is 28.7 Å². The van der Waals surface area contributed by atoms with Crippen LogP contribution < -0.4 is 29.0 Å². The molecule has 44 heavy (non-hydrogen) atoms. The Bertz CT molecular complexity index is 1420. The van der Waals surface area contributed by atoms with Gasteiger partial charge in [0.1, 0.15) is 35.4 Å². The van der Waals surface area contributed by atoms with Crippen LogP contribution in [0, 0.1) is 5.92 Å². The van der Waals surface area contributed by atoms with E-state index >= 15 is 0 Å². The maximum atomic E-state index is 13.9. The Morgan fingerprint density at radius 1 is 1.11 bits per heavy atom. The molecule has 0 aliphatic carbocycles. The van der Waals surface area contributed by atoms with Gasteiger partial charge in [0.15, 0.2) is 11.5 Å². The van der Waals surface area contributed by atoms with Gasteiger partial charge in [0.25, 0.3) is 0 Å². The molecule has 0 spiro atoms. The summed E-state index contributed by atoms with van der Waals surface area (Å²) in [5.41, 5.74) is -0.524. The largest absolute Gasteiger partial charge is 0.586 e. The van der Waals surface area contributed by atoms with E-state index in [9.17, 15) is 31.9 Å². The summed E-state index contributed by atoms with van der Waals surface area (Å²) in [6, 6.07) is 5.59. The van der Waals surface area contributed by atoms with Crippen molar-refractivity contribution in [2.24, 2.45) is 5.92 Å². The third kappa shape index (κ3) is 6.04. The van der Waals surface area contributed by atoms with E-state index < -0.39 is 48.0 Å². The summed E-state index contributed by atoms with van der Waals surface area (Å²) in [5, 5.41) is 22.0. The first-order valence-corrected chi connectivity index (χ1v) is 14.2.